The van der Waals surface area contributed by atoms with Crippen molar-refractivity contribution in [2.24, 2.45) is 22.9 Å². The summed E-state index contributed by atoms with van der Waals surface area (Å²) >= 11 is 0. The van der Waals surface area contributed by atoms with Crippen molar-refractivity contribution in [1.82, 2.24) is 16.0 Å². The van der Waals surface area contributed by atoms with Crippen LogP contribution in [0.25, 0.3) is 0 Å². The van der Waals surface area contributed by atoms with Crippen molar-refractivity contribution >= 4 is 35.5 Å². The molecule has 14 nitrogen and oxygen atoms in total. The molecule has 0 radical (unpaired) electrons. The van der Waals surface area contributed by atoms with Gasteiger partial charge in [0.25, 0.3) is 0 Å². The summed E-state index contributed by atoms with van der Waals surface area (Å²) in [6.45, 7) is 1.72. The smallest absolute Gasteiger partial charge is 0.326 e. The first-order valence-electron chi connectivity index (χ1n) is 10.0. The summed E-state index contributed by atoms with van der Waals surface area (Å²) in [6.07, 6.45) is -0.0215. The molecule has 0 heterocycles. The molecule has 0 spiro atoms. The zero-order valence-corrected chi connectivity index (χ0v) is 18.0. The van der Waals surface area contributed by atoms with Gasteiger partial charge in [-0.2, -0.15) is 0 Å². The Bertz CT molecular complexity index is 699. The molecule has 0 saturated heterocycles. The molecule has 4 unspecified atom stereocenters. The maximum atomic E-state index is 12.7. The standard InChI is InChI=1S/C18H33N7O7/c1-9(20)15(28)23-10(5-6-13(21)26)16(29)25-12(8-14(22)27)17(30)24-11(18(31)32)4-2-3-7-19/h9-12H,2-8,19-20H2,1H3,(H2,21,26)(H2,22,27)(H,23,28)(H,24,30)(H,25,29)(H,31,32). The van der Waals surface area contributed by atoms with Gasteiger partial charge in [0.1, 0.15) is 18.1 Å². The molecule has 4 atom stereocenters. The van der Waals surface area contributed by atoms with E-state index < -0.39 is 66.1 Å². The molecule has 0 fully saturated rings. The summed E-state index contributed by atoms with van der Waals surface area (Å²) in [4.78, 5) is 71.0. The average Bonchev–Trinajstić information content (AvgIpc) is 2.68. The van der Waals surface area contributed by atoms with Gasteiger partial charge >= 0.3 is 5.97 Å². The van der Waals surface area contributed by atoms with Gasteiger partial charge in [-0.25, -0.2) is 4.79 Å². The number of carbonyl (C=O) groups excluding carboxylic acids is 5. The van der Waals surface area contributed by atoms with Crippen LogP contribution < -0.4 is 38.9 Å². The van der Waals surface area contributed by atoms with E-state index in [-0.39, 0.29) is 19.3 Å². The Morgan fingerprint density at radius 2 is 1.31 bits per heavy atom. The zero-order valence-electron chi connectivity index (χ0n) is 18.0. The van der Waals surface area contributed by atoms with Crippen LogP contribution in [0.3, 0.4) is 0 Å². The van der Waals surface area contributed by atoms with Crippen molar-refractivity contribution in [2.45, 2.75) is 69.6 Å². The lowest BCUT2D eigenvalue weighted by molar-refractivity contribution is -0.142. The first-order chi connectivity index (χ1) is 14.9. The fourth-order valence-electron chi connectivity index (χ4n) is 2.56. The molecule has 182 valence electrons. The van der Waals surface area contributed by atoms with Gasteiger partial charge in [-0.15, -0.1) is 0 Å². The monoisotopic (exact) mass is 459 g/mol. The van der Waals surface area contributed by atoms with Crippen molar-refractivity contribution < 1.29 is 33.9 Å². The predicted molar refractivity (Wildman–Crippen MR) is 112 cm³/mol. The van der Waals surface area contributed by atoms with Crippen LogP contribution in [0, 0.1) is 0 Å². The second-order valence-corrected chi connectivity index (χ2v) is 7.27. The highest BCUT2D eigenvalue weighted by Gasteiger charge is 2.30. The van der Waals surface area contributed by atoms with E-state index in [1.54, 1.807) is 0 Å². The molecule has 14 heteroatoms. The normalized spacial score (nSPS) is 14.3. The van der Waals surface area contributed by atoms with Crippen LogP contribution >= 0.6 is 0 Å². The number of carboxylic acids is 1. The maximum Gasteiger partial charge on any atom is 0.326 e. The van der Waals surface area contributed by atoms with E-state index in [1.807, 2.05) is 0 Å². The zero-order chi connectivity index (χ0) is 24.8. The van der Waals surface area contributed by atoms with Crippen LogP contribution in [0.4, 0.5) is 0 Å². The fraction of sp³-hybridized carbons (Fsp3) is 0.667. The summed E-state index contributed by atoms with van der Waals surface area (Å²) < 4.78 is 0. The SMILES string of the molecule is CC(N)C(=O)NC(CCC(N)=O)C(=O)NC(CC(N)=O)C(=O)NC(CCCCN)C(=O)O. The summed E-state index contributed by atoms with van der Waals surface area (Å²) in [5.74, 6) is -5.53. The van der Waals surface area contributed by atoms with Gasteiger partial charge in [0, 0.05) is 6.42 Å². The van der Waals surface area contributed by atoms with E-state index in [9.17, 15) is 33.9 Å². The number of aliphatic carboxylic acids is 1. The Hall–Kier alpha value is -3.26. The highest BCUT2D eigenvalue weighted by Crippen LogP contribution is 2.04. The molecule has 5 amide bonds. The van der Waals surface area contributed by atoms with Gasteiger partial charge in [0.15, 0.2) is 0 Å². The molecular weight excluding hydrogens is 426 g/mol. The Labute approximate surface area is 185 Å². The molecule has 0 aromatic carbocycles. The quantitative estimate of drug-likeness (QED) is 0.105. The van der Waals surface area contributed by atoms with E-state index in [1.165, 1.54) is 6.92 Å². The van der Waals surface area contributed by atoms with Gasteiger partial charge in [0.2, 0.25) is 29.5 Å². The van der Waals surface area contributed by atoms with Crippen LogP contribution in [0.5, 0.6) is 0 Å². The molecule has 0 rings (SSSR count). The van der Waals surface area contributed by atoms with Crippen LogP contribution in [0.1, 0.15) is 45.4 Å². The van der Waals surface area contributed by atoms with Crippen LogP contribution in [-0.4, -0.2) is 71.3 Å². The average molecular weight is 460 g/mol. The van der Waals surface area contributed by atoms with Crippen molar-refractivity contribution in [2.75, 3.05) is 6.54 Å². The lowest BCUT2D eigenvalue weighted by atomic mass is 10.1. The number of nitrogens with two attached hydrogens (primary N) is 4. The van der Waals surface area contributed by atoms with Gasteiger partial charge in [0.05, 0.1) is 12.5 Å². The van der Waals surface area contributed by atoms with Crippen LogP contribution in [0.15, 0.2) is 0 Å². The Morgan fingerprint density at radius 3 is 1.78 bits per heavy atom. The number of hydrogen-bond acceptors (Lipinski definition) is 8. The fourth-order valence-corrected chi connectivity index (χ4v) is 2.56. The van der Waals surface area contributed by atoms with Crippen molar-refractivity contribution in [1.29, 1.82) is 0 Å². The lowest BCUT2D eigenvalue weighted by Gasteiger charge is -2.24. The molecule has 0 aromatic rings. The minimum atomic E-state index is -1.51. The molecule has 0 bridgehead atoms. The number of hydrogen-bond donors (Lipinski definition) is 8. The summed E-state index contributed by atoms with van der Waals surface area (Å²) in [5, 5.41) is 16.1. The third-order valence-corrected chi connectivity index (χ3v) is 4.33. The first-order valence-corrected chi connectivity index (χ1v) is 10.0. The van der Waals surface area contributed by atoms with Gasteiger partial charge < -0.3 is 44.0 Å². The Morgan fingerprint density at radius 1 is 0.781 bits per heavy atom. The molecule has 12 N–H and O–H groups in total. The van der Waals surface area contributed by atoms with E-state index in [4.69, 9.17) is 22.9 Å². The molecule has 0 aliphatic heterocycles. The first kappa shape index (κ1) is 28.7. The number of carbonyl (C=O) groups is 6. The molecule has 32 heavy (non-hydrogen) atoms. The molecule has 0 saturated carbocycles. The highest BCUT2D eigenvalue weighted by molar-refractivity contribution is 5.96. The molecular formula is C18H33N7O7. The number of rotatable bonds is 16. The minimum absolute atomic E-state index is 0.0845. The van der Waals surface area contributed by atoms with Crippen LogP contribution in [0.2, 0.25) is 0 Å². The summed E-state index contributed by atoms with van der Waals surface area (Å²) in [7, 11) is 0. The van der Waals surface area contributed by atoms with Crippen molar-refractivity contribution in [3.63, 3.8) is 0 Å². The molecule has 0 aliphatic rings. The number of unbranched alkanes of at least 4 members (excludes halogenated alkanes) is 1. The third kappa shape index (κ3) is 11.8. The second-order valence-electron chi connectivity index (χ2n) is 7.27. The number of amides is 5. The summed E-state index contributed by atoms with van der Waals surface area (Å²) in [5.41, 5.74) is 21.1. The number of carboxylic acid groups (broad SMARTS) is 1. The Kier molecular flexibility index (Phi) is 13.2. The maximum absolute atomic E-state index is 12.7. The van der Waals surface area contributed by atoms with E-state index >= 15 is 0 Å². The largest absolute Gasteiger partial charge is 0.480 e. The van der Waals surface area contributed by atoms with Crippen LogP contribution in [-0.2, 0) is 28.8 Å². The highest BCUT2D eigenvalue weighted by atomic mass is 16.4. The topological polar surface area (TPSA) is 263 Å². The molecule has 0 aliphatic carbocycles. The van der Waals surface area contributed by atoms with Crippen molar-refractivity contribution in [3.8, 4) is 0 Å². The Balaban J connectivity index is 5.43. The van der Waals surface area contributed by atoms with E-state index in [2.05, 4.69) is 16.0 Å². The lowest BCUT2D eigenvalue weighted by Crippen LogP contribution is -2.57. The van der Waals surface area contributed by atoms with Gasteiger partial charge in [-0.1, -0.05) is 0 Å². The van der Waals surface area contributed by atoms with E-state index in [0.717, 1.165) is 0 Å². The number of nitrogens with one attached hydrogen (secondary N) is 3. The minimum Gasteiger partial charge on any atom is -0.480 e. The predicted octanol–water partition coefficient (Wildman–Crippen LogP) is -3.86. The van der Waals surface area contributed by atoms with Gasteiger partial charge in [-0.3, -0.25) is 24.0 Å². The second kappa shape index (κ2) is 14.7. The number of primary amides is 2. The van der Waals surface area contributed by atoms with E-state index in [0.29, 0.717) is 19.4 Å². The third-order valence-electron chi connectivity index (χ3n) is 4.33. The van der Waals surface area contributed by atoms with Crippen molar-refractivity contribution in [3.05, 3.63) is 0 Å². The summed E-state index contributed by atoms with van der Waals surface area (Å²) in [6, 6.07) is -5.04. The molecule has 0 aromatic heterocycles. The van der Waals surface area contributed by atoms with Gasteiger partial charge in [-0.05, 0) is 39.2 Å².